The number of carbonyl (C=O) groups is 6. The zero-order valence-corrected chi connectivity index (χ0v) is 17.0. The molecule has 0 aliphatic rings. The second-order valence-electron chi connectivity index (χ2n) is 6.82. The van der Waals surface area contributed by atoms with Crippen LogP contribution in [0.3, 0.4) is 0 Å². The average molecular weight is 448 g/mol. The Morgan fingerprint density at radius 1 is 0.806 bits per heavy atom. The zero-order valence-electron chi connectivity index (χ0n) is 17.0. The normalized spacial score (nSPS) is 15.5. The molecule has 9 N–H and O–H groups in total. The minimum atomic E-state index is -1.86. The molecule has 0 aromatic heterocycles. The van der Waals surface area contributed by atoms with Crippen molar-refractivity contribution in [2.75, 3.05) is 6.61 Å². The maximum Gasteiger partial charge on any atom is 0.326 e. The van der Waals surface area contributed by atoms with Gasteiger partial charge in [0.1, 0.15) is 24.2 Å². The molecule has 0 rings (SSSR count). The van der Waals surface area contributed by atoms with Gasteiger partial charge in [-0.15, -0.1) is 0 Å². The highest BCUT2D eigenvalue weighted by molar-refractivity contribution is 5.96. The van der Waals surface area contributed by atoms with Crippen LogP contribution in [0.4, 0.5) is 0 Å². The Kier molecular flexibility index (Phi) is 11.7. The Morgan fingerprint density at radius 2 is 1.29 bits per heavy atom. The molecule has 0 saturated heterocycles. The largest absolute Gasteiger partial charge is 0.481 e. The Labute approximate surface area is 177 Å². The summed E-state index contributed by atoms with van der Waals surface area (Å²) in [6, 6.07) is -6.17. The minimum Gasteiger partial charge on any atom is -0.481 e. The van der Waals surface area contributed by atoms with E-state index >= 15 is 0 Å². The molecule has 14 heteroatoms. The predicted molar refractivity (Wildman–Crippen MR) is 102 cm³/mol. The Bertz CT molecular complexity index is 698. The van der Waals surface area contributed by atoms with E-state index in [1.165, 1.54) is 0 Å². The number of aliphatic carboxylic acids is 3. The summed E-state index contributed by atoms with van der Waals surface area (Å²) in [6.07, 6.45) is -1.52. The lowest BCUT2D eigenvalue weighted by Gasteiger charge is -2.27. The van der Waals surface area contributed by atoms with Crippen molar-refractivity contribution in [3.05, 3.63) is 0 Å². The van der Waals surface area contributed by atoms with E-state index in [1.807, 2.05) is 5.32 Å². The first-order valence-electron chi connectivity index (χ1n) is 9.27. The maximum atomic E-state index is 12.7. The van der Waals surface area contributed by atoms with E-state index in [4.69, 9.17) is 26.2 Å². The molecule has 0 aromatic rings. The summed E-state index contributed by atoms with van der Waals surface area (Å²) in [5, 5.41) is 42.1. The van der Waals surface area contributed by atoms with Gasteiger partial charge in [0.2, 0.25) is 17.7 Å². The van der Waals surface area contributed by atoms with Crippen molar-refractivity contribution in [2.45, 2.75) is 57.3 Å². The van der Waals surface area contributed by atoms with Crippen LogP contribution in [0, 0.1) is 5.92 Å². The van der Waals surface area contributed by atoms with Gasteiger partial charge in [-0.2, -0.15) is 0 Å². The third-order valence-electron chi connectivity index (χ3n) is 4.33. The zero-order chi connectivity index (χ0) is 24.3. The first-order valence-corrected chi connectivity index (χ1v) is 9.27. The van der Waals surface area contributed by atoms with Crippen LogP contribution in [-0.4, -0.2) is 86.8 Å². The van der Waals surface area contributed by atoms with Crippen molar-refractivity contribution in [3.8, 4) is 0 Å². The number of nitrogens with two attached hydrogens (primary N) is 1. The molecule has 14 nitrogen and oxygen atoms in total. The fraction of sp³-hybridized carbons (Fsp3) is 0.647. The van der Waals surface area contributed by atoms with Gasteiger partial charge in [-0.05, 0) is 5.92 Å². The molecule has 0 heterocycles. The Morgan fingerprint density at radius 3 is 1.71 bits per heavy atom. The molecule has 176 valence electrons. The van der Waals surface area contributed by atoms with E-state index in [2.05, 4.69) is 10.6 Å². The number of carboxylic acids is 3. The quantitative estimate of drug-likeness (QED) is 0.132. The third-order valence-corrected chi connectivity index (χ3v) is 4.33. The highest BCUT2D eigenvalue weighted by Crippen LogP contribution is 2.09. The van der Waals surface area contributed by atoms with Crippen LogP contribution in [0.2, 0.25) is 0 Å². The standard InChI is InChI=1S/C17H28N4O10/c1-3-7(2)13(21-14(27)8(18)6-22)16(29)19-9(4-11(23)24)15(28)20-10(17(30)31)5-12(25)26/h7-10,13,22H,3-6,18H2,1-2H3,(H,19,29)(H,20,28)(H,21,27)(H,23,24)(H,25,26)(H,30,31). The first kappa shape index (κ1) is 27.7. The van der Waals surface area contributed by atoms with E-state index in [-0.39, 0.29) is 0 Å². The summed E-state index contributed by atoms with van der Waals surface area (Å²) in [6.45, 7) is 2.60. The van der Waals surface area contributed by atoms with Gasteiger partial charge in [-0.3, -0.25) is 24.0 Å². The fourth-order valence-corrected chi connectivity index (χ4v) is 2.34. The number of hydrogen-bond donors (Lipinski definition) is 8. The summed E-state index contributed by atoms with van der Waals surface area (Å²) in [5.74, 6) is -8.20. The molecule has 0 fully saturated rings. The van der Waals surface area contributed by atoms with Crippen LogP contribution in [0.5, 0.6) is 0 Å². The molecule has 3 amide bonds. The highest BCUT2D eigenvalue weighted by atomic mass is 16.4. The number of carboxylic acid groups (broad SMARTS) is 3. The number of hydrogen-bond acceptors (Lipinski definition) is 8. The van der Waals surface area contributed by atoms with Gasteiger partial charge in [0.05, 0.1) is 19.4 Å². The number of amides is 3. The maximum absolute atomic E-state index is 12.7. The van der Waals surface area contributed by atoms with Gasteiger partial charge in [-0.25, -0.2) is 4.79 Å². The van der Waals surface area contributed by atoms with Crippen molar-refractivity contribution in [2.24, 2.45) is 11.7 Å². The first-order chi connectivity index (χ1) is 14.3. The lowest BCUT2D eigenvalue weighted by atomic mass is 9.97. The predicted octanol–water partition coefficient (Wildman–Crippen LogP) is -3.16. The second kappa shape index (κ2) is 13.1. The van der Waals surface area contributed by atoms with Crippen LogP contribution in [0.25, 0.3) is 0 Å². The highest BCUT2D eigenvalue weighted by Gasteiger charge is 2.33. The average Bonchev–Trinajstić information content (AvgIpc) is 2.68. The SMILES string of the molecule is CCC(C)C(NC(=O)C(N)CO)C(=O)NC(CC(=O)O)C(=O)NC(CC(=O)O)C(=O)O. The van der Waals surface area contributed by atoms with Gasteiger partial charge in [-0.1, -0.05) is 20.3 Å². The third kappa shape index (κ3) is 9.86. The van der Waals surface area contributed by atoms with Crippen molar-refractivity contribution >= 4 is 35.6 Å². The number of aliphatic hydroxyl groups excluding tert-OH is 1. The number of nitrogens with one attached hydrogen (secondary N) is 3. The number of carbonyl (C=O) groups excluding carboxylic acids is 3. The monoisotopic (exact) mass is 448 g/mol. The van der Waals surface area contributed by atoms with Crippen LogP contribution in [-0.2, 0) is 28.8 Å². The number of rotatable bonds is 14. The molecule has 0 spiro atoms. The van der Waals surface area contributed by atoms with Gasteiger partial charge < -0.3 is 42.1 Å². The molecular formula is C17H28N4O10. The topological polar surface area (TPSA) is 245 Å². The van der Waals surface area contributed by atoms with Crippen molar-refractivity contribution in [3.63, 3.8) is 0 Å². The summed E-state index contributed by atoms with van der Waals surface area (Å²) in [4.78, 5) is 70.0. The van der Waals surface area contributed by atoms with E-state index in [9.17, 15) is 28.8 Å². The molecule has 0 bridgehead atoms. The van der Waals surface area contributed by atoms with Crippen LogP contribution >= 0.6 is 0 Å². The molecule has 0 radical (unpaired) electrons. The number of aliphatic hydroxyl groups is 1. The van der Waals surface area contributed by atoms with Gasteiger partial charge in [0, 0.05) is 0 Å². The Balaban J connectivity index is 5.56. The molecule has 31 heavy (non-hydrogen) atoms. The molecule has 0 saturated carbocycles. The molecule has 0 aliphatic carbocycles. The Hall–Kier alpha value is -3.26. The van der Waals surface area contributed by atoms with Crippen LogP contribution < -0.4 is 21.7 Å². The van der Waals surface area contributed by atoms with E-state index in [0.29, 0.717) is 6.42 Å². The van der Waals surface area contributed by atoms with E-state index < -0.39 is 85.2 Å². The van der Waals surface area contributed by atoms with Crippen LogP contribution in [0.15, 0.2) is 0 Å². The summed E-state index contributed by atoms with van der Waals surface area (Å²) < 4.78 is 0. The smallest absolute Gasteiger partial charge is 0.326 e. The van der Waals surface area contributed by atoms with Crippen LogP contribution in [0.1, 0.15) is 33.1 Å². The second-order valence-corrected chi connectivity index (χ2v) is 6.82. The van der Waals surface area contributed by atoms with Gasteiger partial charge in [0.15, 0.2) is 0 Å². The molecule has 5 unspecified atom stereocenters. The summed E-state index contributed by atoms with van der Waals surface area (Å²) >= 11 is 0. The fourth-order valence-electron chi connectivity index (χ4n) is 2.34. The van der Waals surface area contributed by atoms with Gasteiger partial charge >= 0.3 is 17.9 Å². The molecule has 0 aromatic carbocycles. The molecular weight excluding hydrogens is 420 g/mol. The summed E-state index contributed by atoms with van der Waals surface area (Å²) in [5.41, 5.74) is 5.41. The lowest BCUT2D eigenvalue weighted by molar-refractivity contribution is -0.148. The van der Waals surface area contributed by atoms with Gasteiger partial charge in [0.25, 0.3) is 0 Å². The van der Waals surface area contributed by atoms with Crippen molar-refractivity contribution < 1.29 is 49.2 Å². The lowest BCUT2D eigenvalue weighted by Crippen LogP contribution is -2.59. The van der Waals surface area contributed by atoms with Crippen molar-refractivity contribution in [1.82, 2.24) is 16.0 Å². The van der Waals surface area contributed by atoms with E-state index in [1.54, 1.807) is 13.8 Å². The van der Waals surface area contributed by atoms with Crippen molar-refractivity contribution in [1.29, 1.82) is 0 Å². The summed E-state index contributed by atoms with van der Waals surface area (Å²) in [7, 11) is 0. The molecule has 5 atom stereocenters. The van der Waals surface area contributed by atoms with E-state index in [0.717, 1.165) is 0 Å². The molecule has 0 aliphatic heterocycles. The minimum absolute atomic E-state index is 0.391.